The van der Waals surface area contributed by atoms with Crippen LogP contribution >= 0.6 is 23.5 Å². The summed E-state index contributed by atoms with van der Waals surface area (Å²) in [4.78, 5) is 8.25. The Bertz CT molecular complexity index is 3150. The number of nitrogens with zero attached hydrogens (tertiary/aromatic N) is 2. The SMILES string of the molecule is C.CC(=N)CC/C(F)=C\CCC(C)N.CC(=N)CCCC(F)(F)CC(C)N.CC(=N)CCCC(F)CC(C)N.CC(=N)CCCCCC(C)(C)N.CC(=N)CCCCCC(C)N.CC(=N)CCCS(=O)(=O)CC(C)N.CC(=N)CCCSCC(C)N.CC(N)=NC/C(F)=C/CCC(C)N.CC(N)C/C=C\CC1CCCCC(N)=N1.CC(N)CCCCCC(=N)CN.CCC(N)SCCCC(C)=N. The Labute approximate surface area is 844 Å². The van der Waals surface area contributed by atoms with Gasteiger partial charge in [0.15, 0.2) is 9.84 Å². The molecule has 37 N–H and O–H groups in total. The fourth-order valence-electron chi connectivity index (χ4n) is 11.5. The summed E-state index contributed by atoms with van der Waals surface area (Å²) >= 11 is 3.68. The molecule has 1 heterocycles. The van der Waals surface area contributed by atoms with Gasteiger partial charge in [-0.15, -0.1) is 11.8 Å². The highest BCUT2D eigenvalue weighted by molar-refractivity contribution is 7.99. The normalized spacial score (nSPS) is 14.9. The number of sulfone groups is 1. The predicted molar refractivity (Wildman–Crippen MR) is 603 cm³/mol. The number of hydrogen-bond acceptors (Lipinski definition) is 28. The summed E-state index contributed by atoms with van der Waals surface area (Å²) in [7, 11) is -3.00. The van der Waals surface area contributed by atoms with Gasteiger partial charge >= 0.3 is 0 Å². The molecule has 12 atom stereocenters. The molecule has 27 nitrogen and oxygen atoms in total. The minimum absolute atomic E-state index is 0. The van der Waals surface area contributed by atoms with Crippen LogP contribution in [0.4, 0.5) is 22.0 Å². The van der Waals surface area contributed by atoms with Gasteiger partial charge in [0.25, 0.3) is 0 Å². The number of rotatable bonds is 64. The van der Waals surface area contributed by atoms with E-state index in [0.717, 1.165) is 174 Å². The molecule has 1 rings (SSSR count). The third-order valence-corrected chi connectivity index (χ3v) is 23.5. The second kappa shape index (κ2) is 105. The summed E-state index contributed by atoms with van der Waals surface area (Å²) in [6, 6.07) is 1.05. The van der Waals surface area contributed by atoms with E-state index in [1.54, 1.807) is 66.3 Å². The Morgan fingerprint density at radius 2 is 0.934 bits per heavy atom. The molecule has 0 radical (unpaired) electrons. The van der Waals surface area contributed by atoms with E-state index in [9.17, 15) is 30.4 Å². The van der Waals surface area contributed by atoms with Gasteiger partial charge in [-0.05, 0) is 349 Å². The maximum atomic E-state index is 13.0. The zero-order valence-corrected chi connectivity index (χ0v) is 92.2. The van der Waals surface area contributed by atoms with Gasteiger partial charge in [-0.2, -0.15) is 11.8 Å². The van der Waals surface area contributed by atoms with Gasteiger partial charge in [0.05, 0.1) is 47.0 Å². The van der Waals surface area contributed by atoms with Crippen molar-refractivity contribution in [3.63, 3.8) is 0 Å². The second-order valence-electron chi connectivity index (χ2n) is 38.4. The van der Waals surface area contributed by atoms with Crippen LogP contribution in [0.3, 0.4) is 0 Å². The van der Waals surface area contributed by atoms with Crippen molar-refractivity contribution in [3.05, 3.63) is 36.0 Å². The van der Waals surface area contributed by atoms with Crippen LogP contribution in [0, 0.1) is 48.7 Å². The number of halogens is 5. The number of unbranched alkanes of at least 4 members (excludes halogenated alkanes) is 6. The molecule has 1 aliphatic heterocycles. The van der Waals surface area contributed by atoms with Crippen molar-refractivity contribution in [1.82, 2.24) is 0 Å². The van der Waals surface area contributed by atoms with Crippen LogP contribution in [0.15, 0.2) is 45.9 Å². The van der Waals surface area contributed by atoms with Crippen molar-refractivity contribution in [2.45, 2.75) is 506 Å². The van der Waals surface area contributed by atoms with E-state index in [2.05, 4.69) is 42.9 Å². The third-order valence-electron chi connectivity index (χ3n) is 18.9. The number of aliphatic imine (C=N–C) groups is 2. The highest BCUT2D eigenvalue weighted by Gasteiger charge is 2.29. The van der Waals surface area contributed by atoms with Gasteiger partial charge in [-0.1, -0.05) is 83.6 Å². The van der Waals surface area contributed by atoms with E-state index in [1.165, 1.54) is 63.9 Å². The molecule has 0 aliphatic carbocycles. The summed E-state index contributed by atoms with van der Waals surface area (Å²) in [6.07, 6.45) is 42.7. The standard InChI is InChI=1S/C12H23N3.C10H19FN2.C10H22N2.C9H18F2N2.C9H18FN3.C9H19FN2.C9H21N3.C9H20N2.C8H18N2O2S.2C8H18N2S.CH4/c1-10(13)6-2-3-7-11-8-4-5-9-12(14)15-11;1-8(12)4-3-5-10(11)7-6-9(2)13;1-9(11)7-5-4-6-8-10(2,3)12;1-7(12)4-3-5-9(10,11)6-8(2)13;1-7(11)4-3-5-9(10)6-13-8(2)12;1-7(11)4-3-5-9(10)6-8(2)12;1-8(11)5-3-2-4-6-9(12)7-10;1-8(10)6-4-3-5-7-9(2)11;1-7(9)4-3-5-13(11,12)6-8(2)10;1-7(9)4-3-5-11-6-8(2)10;1-3-8(10)11-6-4-5-7(2)9;/h2-3,10-11H,4-9,13H2,1H3,(H2,14,15);5,8,13H,3-4,6-7,12H2,1-2H3;11H,4-8,12H2,1-3H3;8,12H,3-6,13H2,1-2H3;5,7H,3-4,6,11H2,1-2H3,(H2,12,13);8-9,11H,3-6,12H2,1-2H3;8,12H,2-7,10-11H2,1H3;8,11H,3-7,10H2,1-2H3;8-9H,3-6,10H2,1-2H3;2*8-9H,3-6,10H2,1-2H3;1H4/b3-2-;10-5+,13-9?;;;9-5-;;;;;;;. The first-order chi connectivity index (χ1) is 62.9. The number of allylic oxidation sites excluding steroid dienone is 3. The molecule has 0 amide bonds. The van der Waals surface area contributed by atoms with Crippen LogP contribution in [0.1, 0.15) is 422 Å². The van der Waals surface area contributed by atoms with E-state index in [1.807, 2.05) is 87.9 Å². The fraction of sp³-hybridized carbons (Fsp3) is 0.833. The van der Waals surface area contributed by atoms with Gasteiger partial charge in [0.2, 0.25) is 5.92 Å². The lowest BCUT2D eigenvalue weighted by molar-refractivity contribution is -0.0218. The molecule has 1 aliphatic rings. The highest BCUT2D eigenvalue weighted by atomic mass is 32.2. The molecule has 35 heteroatoms. The number of nitrogens with two attached hydrogens (primary N) is 14. The van der Waals surface area contributed by atoms with Crippen molar-refractivity contribution >= 4 is 96.4 Å². The van der Waals surface area contributed by atoms with Crippen LogP contribution in [0.25, 0.3) is 0 Å². The first-order valence-electron chi connectivity index (χ1n) is 50.2. The van der Waals surface area contributed by atoms with E-state index in [4.69, 9.17) is 129 Å². The lowest BCUT2D eigenvalue weighted by atomic mass is 9.97. The average molecular weight is 2020 g/mol. The van der Waals surface area contributed by atoms with Gasteiger partial charge in [0, 0.05) is 149 Å². The third kappa shape index (κ3) is 171. The quantitative estimate of drug-likeness (QED) is 0.00671. The van der Waals surface area contributed by atoms with Crippen LogP contribution in [0.5, 0.6) is 0 Å². The minimum Gasteiger partial charge on any atom is -0.388 e. The Morgan fingerprint density at radius 3 is 1.34 bits per heavy atom. The monoisotopic (exact) mass is 2020 g/mol. The number of nitrogens with one attached hydrogen (secondary N) is 9. The Balaban J connectivity index is -0.000000142. The molecule has 0 bridgehead atoms. The molecular formula is C102H218F5N25O2S3. The molecule has 0 saturated heterocycles. The summed E-state index contributed by atoms with van der Waals surface area (Å²) in [5, 5.41) is 64.8. The Hall–Kier alpha value is -4.99. The zero-order valence-electron chi connectivity index (χ0n) is 89.8. The lowest BCUT2D eigenvalue weighted by Gasteiger charge is -2.17. The van der Waals surface area contributed by atoms with E-state index >= 15 is 0 Å². The lowest BCUT2D eigenvalue weighted by Crippen LogP contribution is -2.31. The molecular weight excluding hydrogens is 1800 g/mol. The molecule has 0 fully saturated rings. The number of thioether (sulfide) groups is 2. The van der Waals surface area contributed by atoms with Gasteiger partial charge in [-0.3, -0.25) is 9.98 Å². The van der Waals surface area contributed by atoms with Crippen molar-refractivity contribution in [2.24, 2.45) is 90.3 Å². The van der Waals surface area contributed by atoms with Gasteiger partial charge in [-0.25, -0.2) is 30.4 Å². The van der Waals surface area contributed by atoms with Crippen molar-refractivity contribution in [2.75, 3.05) is 41.9 Å². The van der Waals surface area contributed by atoms with Crippen LogP contribution < -0.4 is 80.3 Å². The molecule has 0 aromatic heterocycles. The van der Waals surface area contributed by atoms with Crippen molar-refractivity contribution in [1.29, 1.82) is 48.7 Å². The topological polar surface area (TPSA) is 638 Å². The van der Waals surface area contributed by atoms with Crippen molar-refractivity contribution < 1.29 is 30.4 Å². The van der Waals surface area contributed by atoms with Gasteiger partial charge < -0.3 is 129 Å². The second-order valence-corrected chi connectivity index (χ2v) is 43.2. The number of alkyl halides is 3. The summed E-state index contributed by atoms with van der Waals surface area (Å²) in [5.74, 6) is 1.66. The number of hydrogen-bond donors (Lipinski definition) is 23. The highest BCUT2D eigenvalue weighted by Crippen LogP contribution is 2.27. The first-order valence-corrected chi connectivity index (χ1v) is 54.2. The summed E-state index contributed by atoms with van der Waals surface area (Å²) in [5.41, 5.74) is 83.3. The van der Waals surface area contributed by atoms with Crippen LogP contribution in [0.2, 0.25) is 0 Å². The zero-order chi connectivity index (χ0) is 107. The fourth-order valence-corrected chi connectivity index (χ4v) is 14.8. The molecule has 0 aromatic carbocycles. The maximum absolute atomic E-state index is 13.0. The minimum atomic E-state index is -3.00. The van der Waals surface area contributed by atoms with Crippen LogP contribution in [-0.4, -0.2) is 197 Å². The van der Waals surface area contributed by atoms with Crippen LogP contribution in [-0.2, 0) is 9.84 Å². The number of amidine groups is 2. The van der Waals surface area contributed by atoms with E-state index in [-0.39, 0.29) is 85.7 Å². The van der Waals surface area contributed by atoms with E-state index < -0.39 is 28.0 Å². The molecule has 12 unspecified atom stereocenters. The Morgan fingerprint density at radius 1 is 0.504 bits per heavy atom. The molecule has 0 spiro atoms. The Kier molecular flexibility index (Phi) is 119. The molecule has 0 aromatic rings. The molecule has 137 heavy (non-hydrogen) atoms. The first kappa shape index (κ1) is 155. The summed E-state index contributed by atoms with van der Waals surface area (Å²) < 4.78 is 87.3. The maximum Gasteiger partial charge on any atom is 0.249 e. The summed E-state index contributed by atoms with van der Waals surface area (Å²) in [6.45, 7) is 39.5. The largest absolute Gasteiger partial charge is 0.388 e. The van der Waals surface area contributed by atoms with Crippen molar-refractivity contribution in [3.8, 4) is 0 Å². The smallest absolute Gasteiger partial charge is 0.249 e. The van der Waals surface area contributed by atoms with E-state index in [0.29, 0.717) is 141 Å². The predicted octanol–water partition coefficient (Wildman–Crippen LogP) is 22.6. The molecule has 816 valence electrons. The average Bonchev–Trinajstić information content (AvgIpc) is 1.32. The molecule has 0 saturated carbocycles. The van der Waals surface area contributed by atoms with Gasteiger partial charge in [0.1, 0.15) is 12.0 Å².